The normalized spacial score (nSPS) is 16.1. The van der Waals surface area contributed by atoms with Gasteiger partial charge in [0.15, 0.2) is 5.82 Å². The average molecular weight is 580 g/mol. The number of anilines is 1. The number of fused-ring (bicyclic) bond motifs is 1. The molecule has 2 N–H and O–H groups in total. The number of esters is 1. The van der Waals surface area contributed by atoms with Crippen LogP contribution in [-0.4, -0.2) is 52.4 Å². The van der Waals surface area contributed by atoms with Crippen LogP contribution in [0.15, 0.2) is 36.4 Å². The van der Waals surface area contributed by atoms with Gasteiger partial charge in [0, 0.05) is 36.0 Å². The Hall–Kier alpha value is -4.10. The second-order valence-corrected chi connectivity index (χ2v) is 11.3. The number of hydrogen-bond donors (Lipinski definition) is 2. The molecule has 1 unspecified atom stereocenters. The first kappa shape index (κ1) is 29.9. The molecule has 216 valence electrons. The molecule has 1 saturated heterocycles. The van der Waals surface area contributed by atoms with Gasteiger partial charge in [0.05, 0.1) is 28.5 Å². The number of aromatic nitrogens is 2. The highest BCUT2D eigenvalue weighted by Gasteiger charge is 2.33. The highest BCUT2D eigenvalue weighted by Crippen LogP contribution is 2.33. The maximum Gasteiger partial charge on any atom is 0.412 e. The molecule has 0 aliphatic carbocycles. The number of hydrogen-bond acceptors (Lipinski definition) is 7. The summed E-state index contributed by atoms with van der Waals surface area (Å²) in [4.78, 5) is 39.9. The molecule has 2 amide bonds. The van der Waals surface area contributed by atoms with Crippen molar-refractivity contribution in [2.24, 2.45) is 11.3 Å². The molecule has 1 aliphatic rings. The number of aromatic amines is 1. The van der Waals surface area contributed by atoms with Crippen molar-refractivity contribution < 1.29 is 23.9 Å². The number of H-pyrrole nitrogens is 1. The van der Waals surface area contributed by atoms with Gasteiger partial charge in [-0.05, 0) is 69.0 Å². The van der Waals surface area contributed by atoms with Gasteiger partial charge in [0.25, 0.3) is 0 Å². The zero-order chi connectivity index (χ0) is 29.7. The van der Waals surface area contributed by atoms with E-state index in [1.165, 1.54) is 11.8 Å². The van der Waals surface area contributed by atoms with E-state index in [0.29, 0.717) is 53.2 Å². The average Bonchev–Trinajstić information content (AvgIpc) is 3.35. The van der Waals surface area contributed by atoms with Crippen LogP contribution in [0.2, 0.25) is 5.02 Å². The van der Waals surface area contributed by atoms with Crippen LogP contribution in [0.1, 0.15) is 58.9 Å². The van der Waals surface area contributed by atoms with Gasteiger partial charge in [-0.2, -0.15) is 10.4 Å². The van der Waals surface area contributed by atoms with Gasteiger partial charge in [-0.1, -0.05) is 31.0 Å². The molecule has 0 saturated carbocycles. The standard InChI is InChI=1S/C30H34ClN5O5/c1-5-12-30(3,4)28(38)40-18(2)41-29(39)36-13-6-7-21(17-36)27(37)33-26-23-15-20(9-11-25(23)34-35-26)22-14-19(16-32)8-10-24(22)31/h8-11,14-15,18,21H,5-7,12-13,17H2,1-4H3,(H2,33,34,35,37)/t18?,21-/m1/s1. The van der Waals surface area contributed by atoms with Crippen molar-refractivity contribution in [1.29, 1.82) is 5.26 Å². The number of nitrogens with one attached hydrogen (secondary N) is 2. The van der Waals surface area contributed by atoms with E-state index in [-0.39, 0.29) is 12.5 Å². The Morgan fingerprint density at radius 2 is 2.02 bits per heavy atom. The van der Waals surface area contributed by atoms with E-state index in [9.17, 15) is 19.6 Å². The van der Waals surface area contributed by atoms with E-state index in [2.05, 4.69) is 21.6 Å². The molecule has 0 spiro atoms. The van der Waals surface area contributed by atoms with E-state index in [0.717, 1.165) is 17.5 Å². The van der Waals surface area contributed by atoms with E-state index < -0.39 is 29.7 Å². The van der Waals surface area contributed by atoms with Crippen LogP contribution in [0.5, 0.6) is 0 Å². The summed E-state index contributed by atoms with van der Waals surface area (Å²) >= 11 is 6.40. The van der Waals surface area contributed by atoms with Crippen LogP contribution in [0.4, 0.5) is 10.6 Å². The number of ether oxygens (including phenoxy) is 2. The van der Waals surface area contributed by atoms with Crippen molar-refractivity contribution in [2.75, 3.05) is 18.4 Å². The molecule has 11 heteroatoms. The molecule has 4 rings (SSSR count). The number of benzene rings is 2. The number of halogens is 1. The fourth-order valence-corrected chi connectivity index (χ4v) is 5.17. The number of rotatable bonds is 8. The van der Waals surface area contributed by atoms with Gasteiger partial charge in [-0.3, -0.25) is 14.7 Å². The molecule has 3 aromatic rings. The van der Waals surface area contributed by atoms with Crippen molar-refractivity contribution in [3.8, 4) is 17.2 Å². The van der Waals surface area contributed by atoms with Gasteiger partial charge in [0.2, 0.25) is 12.2 Å². The molecule has 10 nitrogen and oxygen atoms in total. The summed E-state index contributed by atoms with van der Waals surface area (Å²) < 4.78 is 10.7. The predicted molar refractivity (Wildman–Crippen MR) is 155 cm³/mol. The van der Waals surface area contributed by atoms with Crippen LogP contribution in [-0.2, 0) is 19.1 Å². The van der Waals surface area contributed by atoms with Crippen molar-refractivity contribution >= 4 is 46.3 Å². The third-order valence-corrected chi connectivity index (χ3v) is 7.56. The Morgan fingerprint density at radius 3 is 2.76 bits per heavy atom. The van der Waals surface area contributed by atoms with Crippen LogP contribution in [0.3, 0.4) is 0 Å². The molecule has 2 heterocycles. The topological polar surface area (TPSA) is 137 Å². The number of likely N-dealkylation sites (tertiary alicyclic amines) is 1. The predicted octanol–water partition coefficient (Wildman–Crippen LogP) is 6.26. The molecule has 0 radical (unpaired) electrons. The highest BCUT2D eigenvalue weighted by atomic mass is 35.5. The monoisotopic (exact) mass is 579 g/mol. The summed E-state index contributed by atoms with van der Waals surface area (Å²) in [5, 5.41) is 20.5. The summed E-state index contributed by atoms with van der Waals surface area (Å²) in [5.74, 6) is -0.819. The second-order valence-electron chi connectivity index (χ2n) is 10.9. The number of carbonyl (C=O) groups is 3. The second kappa shape index (κ2) is 12.6. The number of nitrogens with zero attached hydrogens (tertiary/aromatic N) is 3. The van der Waals surface area contributed by atoms with Crippen molar-refractivity contribution in [3.05, 3.63) is 47.0 Å². The Morgan fingerprint density at radius 1 is 1.24 bits per heavy atom. The quantitative estimate of drug-likeness (QED) is 0.237. The summed E-state index contributed by atoms with van der Waals surface area (Å²) in [6, 6.07) is 12.7. The Bertz CT molecular complexity index is 1490. The van der Waals surface area contributed by atoms with E-state index in [1.807, 2.05) is 25.1 Å². The SMILES string of the molecule is CCCC(C)(C)C(=O)OC(C)OC(=O)N1CCC[C@@H](C(=O)Nc2n[nH]c3ccc(-c4cc(C#N)ccc4Cl)cc23)C1. The summed E-state index contributed by atoms with van der Waals surface area (Å²) in [7, 11) is 0. The third-order valence-electron chi connectivity index (χ3n) is 7.23. The maximum atomic E-state index is 13.2. The lowest BCUT2D eigenvalue weighted by molar-refractivity contribution is -0.177. The minimum atomic E-state index is -1.05. The first-order valence-electron chi connectivity index (χ1n) is 13.7. The van der Waals surface area contributed by atoms with E-state index in [1.54, 1.807) is 32.0 Å². The first-order valence-corrected chi connectivity index (χ1v) is 14.1. The lowest BCUT2D eigenvalue weighted by Crippen LogP contribution is -2.45. The van der Waals surface area contributed by atoms with Gasteiger partial charge in [-0.15, -0.1) is 0 Å². The zero-order valence-corrected chi connectivity index (χ0v) is 24.4. The number of amides is 2. The molecule has 41 heavy (non-hydrogen) atoms. The van der Waals surface area contributed by atoms with Gasteiger partial charge in [-0.25, -0.2) is 4.79 Å². The van der Waals surface area contributed by atoms with Gasteiger partial charge >= 0.3 is 12.1 Å². The van der Waals surface area contributed by atoms with Gasteiger partial charge < -0.3 is 19.7 Å². The Labute approximate surface area is 243 Å². The van der Waals surface area contributed by atoms with Crippen LogP contribution in [0, 0.1) is 22.7 Å². The minimum Gasteiger partial charge on any atom is -0.425 e. The first-order chi connectivity index (χ1) is 19.5. The molecule has 0 bridgehead atoms. The maximum absolute atomic E-state index is 13.2. The molecule has 1 aromatic heterocycles. The largest absolute Gasteiger partial charge is 0.425 e. The number of nitriles is 1. The zero-order valence-electron chi connectivity index (χ0n) is 23.6. The molecule has 1 fully saturated rings. The Kier molecular flexibility index (Phi) is 9.18. The minimum absolute atomic E-state index is 0.164. The molecule has 2 aromatic carbocycles. The third kappa shape index (κ3) is 6.98. The number of piperidine rings is 1. The van der Waals surface area contributed by atoms with E-state index in [4.69, 9.17) is 21.1 Å². The van der Waals surface area contributed by atoms with Crippen LogP contribution < -0.4 is 5.32 Å². The fourth-order valence-electron chi connectivity index (χ4n) is 4.95. The van der Waals surface area contributed by atoms with Crippen LogP contribution >= 0.6 is 11.6 Å². The van der Waals surface area contributed by atoms with Gasteiger partial charge in [0.1, 0.15) is 0 Å². The molecular weight excluding hydrogens is 546 g/mol. The molecule has 1 aliphatic heterocycles. The number of carbonyl (C=O) groups excluding carboxylic acids is 3. The van der Waals surface area contributed by atoms with Crippen molar-refractivity contribution in [3.63, 3.8) is 0 Å². The summed E-state index contributed by atoms with van der Waals surface area (Å²) in [5.41, 5.74) is 2.00. The van der Waals surface area contributed by atoms with Crippen LogP contribution in [0.25, 0.3) is 22.0 Å². The lowest BCUT2D eigenvalue weighted by atomic mass is 9.88. The smallest absolute Gasteiger partial charge is 0.412 e. The Balaban J connectivity index is 1.41. The van der Waals surface area contributed by atoms with Crippen molar-refractivity contribution in [2.45, 2.75) is 59.7 Å². The summed E-state index contributed by atoms with van der Waals surface area (Å²) in [6.45, 7) is 7.68. The van der Waals surface area contributed by atoms with E-state index >= 15 is 0 Å². The summed E-state index contributed by atoms with van der Waals surface area (Å²) in [6.07, 6.45) is 1.01. The molecular formula is C30H34ClN5O5. The molecule has 2 atom stereocenters. The highest BCUT2D eigenvalue weighted by molar-refractivity contribution is 6.33. The lowest BCUT2D eigenvalue weighted by Gasteiger charge is -2.32. The van der Waals surface area contributed by atoms with Crippen molar-refractivity contribution in [1.82, 2.24) is 15.1 Å². The fraction of sp³-hybridized carbons (Fsp3) is 0.433.